The van der Waals surface area contributed by atoms with Crippen LogP contribution in [0.1, 0.15) is 24.5 Å². The van der Waals surface area contributed by atoms with Gasteiger partial charge in [0.05, 0.1) is 5.02 Å². The van der Waals surface area contributed by atoms with Gasteiger partial charge in [-0.2, -0.15) is 0 Å². The molecule has 1 aromatic carbocycles. The molecule has 0 fully saturated rings. The van der Waals surface area contributed by atoms with Gasteiger partial charge in [0, 0.05) is 5.56 Å². The fraction of sp³-hybridized carbons (Fsp3) is 0.538. The van der Waals surface area contributed by atoms with Crippen molar-refractivity contribution in [3.05, 3.63) is 22.2 Å². The van der Waals surface area contributed by atoms with Crippen LogP contribution in [0, 0.1) is 0 Å². The molecule has 2 N–H and O–H groups in total. The standard InChI is InChI=1S/C13H18ClNO2/c1-2-10-9(4-3-5-15)8-11(14)13-12(10)16-6-7-17-13/h8H,2-7,15H2,1H3. The number of nitrogens with two attached hydrogens (primary N) is 1. The van der Waals surface area contributed by atoms with Gasteiger partial charge in [-0.05, 0) is 37.4 Å². The Balaban J connectivity index is 2.42. The molecule has 0 saturated heterocycles. The predicted octanol–water partition coefficient (Wildman–Crippen LogP) is 2.56. The molecule has 0 unspecified atom stereocenters. The van der Waals surface area contributed by atoms with Gasteiger partial charge < -0.3 is 15.2 Å². The lowest BCUT2D eigenvalue weighted by atomic mass is 9.99. The summed E-state index contributed by atoms with van der Waals surface area (Å²) in [6.45, 7) is 3.97. The number of rotatable bonds is 4. The van der Waals surface area contributed by atoms with Crippen LogP contribution in [0.4, 0.5) is 0 Å². The highest BCUT2D eigenvalue weighted by atomic mass is 35.5. The molecule has 0 bridgehead atoms. The zero-order valence-electron chi connectivity index (χ0n) is 10.1. The van der Waals surface area contributed by atoms with Crippen molar-refractivity contribution in [2.75, 3.05) is 19.8 Å². The Morgan fingerprint density at radius 2 is 2.00 bits per heavy atom. The second kappa shape index (κ2) is 5.61. The molecule has 17 heavy (non-hydrogen) atoms. The van der Waals surface area contributed by atoms with E-state index in [1.54, 1.807) is 0 Å². The molecule has 1 aliphatic rings. The average molecular weight is 256 g/mol. The van der Waals surface area contributed by atoms with Gasteiger partial charge in [0.25, 0.3) is 0 Å². The summed E-state index contributed by atoms with van der Waals surface area (Å²) in [5.74, 6) is 1.53. The van der Waals surface area contributed by atoms with Crippen molar-refractivity contribution in [1.29, 1.82) is 0 Å². The zero-order valence-corrected chi connectivity index (χ0v) is 10.8. The Morgan fingerprint density at radius 3 is 2.65 bits per heavy atom. The second-order valence-corrected chi connectivity index (χ2v) is 4.50. The molecule has 2 rings (SSSR count). The van der Waals surface area contributed by atoms with Crippen molar-refractivity contribution >= 4 is 11.6 Å². The Labute approximate surface area is 107 Å². The molecule has 0 spiro atoms. The number of aryl methyl sites for hydroxylation is 1. The molecule has 1 aliphatic heterocycles. The van der Waals surface area contributed by atoms with E-state index >= 15 is 0 Å². The number of hydrogen-bond donors (Lipinski definition) is 1. The van der Waals surface area contributed by atoms with Crippen LogP contribution in [0.3, 0.4) is 0 Å². The Morgan fingerprint density at radius 1 is 1.29 bits per heavy atom. The summed E-state index contributed by atoms with van der Waals surface area (Å²) >= 11 is 6.22. The normalized spacial score (nSPS) is 13.8. The molecule has 0 atom stereocenters. The van der Waals surface area contributed by atoms with Crippen molar-refractivity contribution < 1.29 is 9.47 Å². The fourth-order valence-electron chi connectivity index (χ4n) is 2.17. The smallest absolute Gasteiger partial charge is 0.180 e. The summed E-state index contributed by atoms with van der Waals surface area (Å²) in [5, 5.41) is 0.643. The lowest BCUT2D eigenvalue weighted by Crippen LogP contribution is -2.18. The first kappa shape index (κ1) is 12.5. The number of halogens is 1. The minimum absolute atomic E-state index is 0.567. The molecule has 0 amide bonds. The van der Waals surface area contributed by atoms with Gasteiger partial charge in [0.15, 0.2) is 11.5 Å². The summed E-state index contributed by atoms with van der Waals surface area (Å²) in [5.41, 5.74) is 7.99. The molecule has 1 aromatic rings. The monoisotopic (exact) mass is 255 g/mol. The summed E-state index contributed by atoms with van der Waals surface area (Å²) in [6, 6.07) is 1.99. The van der Waals surface area contributed by atoms with E-state index in [1.165, 1.54) is 11.1 Å². The van der Waals surface area contributed by atoms with E-state index in [9.17, 15) is 0 Å². The van der Waals surface area contributed by atoms with Crippen LogP contribution in [0.5, 0.6) is 11.5 Å². The molecule has 3 nitrogen and oxygen atoms in total. The Bertz CT molecular complexity index is 407. The third-order valence-corrected chi connectivity index (χ3v) is 3.25. The van der Waals surface area contributed by atoms with Crippen LogP contribution in [0.25, 0.3) is 0 Å². The Kier molecular flexibility index (Phi) is 4.13. The van der Waals surface area contributed by atoms with E-state index in [4.69, 9.17) is 26.8 Å². The first-order valence-electron chi connectivity index (χ1n) is 6.07. The largest absolute Gasteiger partial charge is 0.486 e. The minimum atomic E-state index is 0.567. The molecule has 4 heteroatoms. The van der Waals surface area contributed by atoms with Crippen LogP contribution in [0.2, 0.25) is 5.02 Å². The molecule has 0 radical (unpaired) electrons. The highest BCUT2D eigenvalue weighted by Gasteiger charge is 2.21. The van der Waals surface area contributed by atoms with Crippen molar-refractivity contribution in [2.45, 2.75) is 26.2 Å². The molecule has 0 aromatic heterocycles. The lowest BCUT2D eigenvalue weighted by molar-refractivity contribution is 0.170. The van der Waals surface area contributed by atoms with Crippen molar-refractivity contribution in [2.24, 2.45) is 5.73 Å². The highest BCUT2D eigenvalue weighted by molar-refractivity contribution is 6.32. The summed E-state index contributed by atoms with van der Waals surface area (Å²) in [6.07, 6.45) is 2.82. The highest BCUT2D eigenvalue weighted by Crippen LogP contribution is 2.42. The van der Waals surface area contributed by atoms with Crippen molar-refractivity contribution in [3.8, 4) is 11.5 Å². The fourth-order valence-corrected chi connectivity index (χ4v) is 2.45. The van der Waals surface area contributed by atoms with E-state index in [1.807, 2.05) is 6.07 Å². The van der Waals surface area contributed by atoms with Gasteiger partial charge >= 0.3 is 0 Å². The summed E-state index contributed by atoms with van der Waals surface area (Å²) < 4.78 is 11.3. The first-order chi connectivity index (χ1) is 8.27. The van der Waals surface area contributed by atoms with Crippen LogP contribution in [-0.2, 0) is 12.8 Å². The molecule has 94 valence electrons. The predicted molar refractivity (Wildman–Crippen MR) is 69.2 cm³/mol. The van der Waals surface area contributed by atoms with E-state index in [2.05, 4.69) is 6.92 Å². The van der Waals surface area contributed by atoms with E-state index in [0.717, 1.165) is 25.0 Å². The van der Waals surface area contributed by atoms with E-state index < -0.39 is 0 Å². The van der Waals surface area contributed by atoms with Gasteiger partial charge in [-0.1, -0.05) is 18.5 Å². The maximum absolute atomic E-state index is 6.22. The second-order valence-electron chi connectivity index (χ2n) is 4.10. The van der Waals surface area contributed by atoms with Gasteiger partial charge in [-0.25, -0.2) is 0 Å². The lowest BCUT2D eigenvalue weighted by Gasteiger charge is -2.24. The maximum atomic E-state index is 6.22. The van der Waals surface area contributed by atoms with Crippen LogP contribution in [-0.4, -0.2) is 19.8 Å². The Hall–Kier alpha value is -0.930. The van der Waals surface area contributed by atoms with Gasteiger partial charge in [-0.15, -0.1) is 0 Å². The van der Waals surface area contributed by atoms with Crippen molar-refractivity contribution in [3.63, 3.8) is 0 Å². The number of fused-ring (bicyclic) bond motifs is 1. The van der Waals surface area contributed by atoms with Gasteiger partial charge in [0.1, 0.15) is 13.2 Å². The van der Waals surface area contributed by atoms with Crippen LogP contribution >= 0.6 is 11.6 Å². The number of hydrogen-bond acceptors (Lipinski definition) is 3. The summed E-state index contributed by atoms with van der Waals surface area (Å²) in [7, 11) is 0. The van der Waals surface area contributed by atoms with Crippen molar-refractivity contribution in [1.82, 2.24) is 0 Å². The molecule has 0 saturated carbocycles. The number of ether oxygens (including phenoxy) is 2. The SMILES string of the molecule is CCc1c(CCCN)cc(Cl)c2c1OCCO2. The zero-order chi connectivity index (χ0) is 12.3. The third kappa shape index (κ3) is 2.50. The average Bonchev–Trinajstić information content (AvgIpc) is 2.36. The minimum Gasteiger partial charge on any atom is -0.486 e. The topological polar surface area (TPSA) is 44.5 Å². The third-order valence-electron chi connectivity index (χ3n) is 2.97. The molecule has 0 aliphatic carbocycles. The summed E-state index contributed by atoms with van der Waals surface area (Å²) in [4.78, 5) is 0. The molecular weight excluding hydrogens is 238 g/mol. The molecule has 1 heterocycles. The van der Waals surface area contributed by atoms with Crippen LogP contribution in [0.15, 0.2) is 6.07 Å². The van der Waals surface area contributed by atoms with Gasteiger partial charge in [0.2, 0.25) is 0 Å². The first-order valence-corrected chi connectivity index (χ1v) is 6.45. The number of benzene rings is 1. The quantitative estimate of drug-likeness (QED) is 0.899. The van der Waals surface area contributed by atoms with E-state index in [-0.39, 0.29) is 0 Å². The van der Waals surface area contributed by atoms with Gasteiger partial charge in [-0.3, -0.25) is 0 Å². The molecular formula is C13H18ClNO2. The van der Waals surface area contributed by atoms with E-state index in [0.29, 0.717) is 30.5 Å². The van der Waals surface area contributed by atoms with Crippen LogP contribution < -0.4 is 15.2 Å². The maximum Gasteiger partial charge on any atom is 0.180 e.